The molecule has 28 heavy (non-hydrogen) atoms. The van der Waals surface area contributed by atoms with E-state index in [2.05, 4.69) is 20.0 Å². The Labute approximate surface area is 164 Å². The third-order valence-corrected chi connectivity index (χ3v) is 4.83. The SMILES string of the molecule is COC(=O)N[C@H](C(=O)N1CC(C)=CC1c1ncc(-c2ccccc2)[nH]1)C(C)C. The maximum absolute atomic E-state index is 13.2. The van der Waals surface area contributed by atoms with Crippen LogP contribution in [0.3, 0.4) is 0 Å². The first kappa shape index (κ1) is 19.7. The number of aromatic nitrogens is 2. The molecule has 7 nitrogen and oxygen atoms in total. The summed E-state index contributed by atoms with van der Waals surface area (Å²) in [4.78, 5) is 34.5. The molecule has 2 N–H and O–H groups in total. The van der Waals surface area contributed by atoms with Crippen molar-refractivity contribution in [2.45, 2.75) is 32.9 Å². The molecule has 2 heterocycles. The second kappa shape index (κ2) is 8.29. The third kappa shape index (κ3) is 4.08. The van der Waals surface area contributed by atoms with Crippen LogP contribution >= 0.6 is 0 Å². The Morgan fingerprint density at radius 3 is 2.64 bits per heavy atom. The van der Waals surface area contributed by atoms with E-state index >= 15 is 0 Å². The van der Waals surface area contributed by atoms with Crippen molar-refractivity contribution >= 4 is 12.0 Å². The van der Waals surface area contributed by atoms with Gasteiger partial charge in [-0.1, -0.05) is 55.8 Å². The van der Waals surface area contributed by atoms with Crippen molar-refractivity contribution < 1.29 is 14.3 Å². The maximum atomic E-state index is 13.2. The zero-order chi connectivity index (χ0) is 20.3. The number of imidazole rings is 1. The van der Waals surface area contributed by atoms with Gasteiger partial charge in [0.15, 0.2) is 0 Å². The van der Waals surface area contributed by atoms with Crippen LogP contribution in [0.5, 0.6) is 0 Å². The Morgan fingerprint density at radius 2 is 2.00 bits per heavy atom. The predicted octanol–water partition coefficient (Wildman–Crippen LogP) is 3.29. The molecule has 0 aliphatic carbocycles. The molecular formula is C21H26N4O3. The topological polar surface area (TPSA) is 87.3 Å². The first-order valence-electron chi connectivity index (χ1n) is 9.33. The van der Waals surface area contributed by atoms with Gasteiger partial charge in [-0.2, -0.15) is 0 Å². The van der Waals surface area contributed by atoms with Crippen molar-refractivity contribution in [1.82, 2.24) is 20.2 Å². The van der Waals surface area contributed by atoms with Crippen LogP contribution in [0.1, 0.15) is 32.6 Å². The van der Waals surface area contributed by atoms with Gasteiger partial charge in [0.2, 0.25) is 5.91 Å². The Bertz CT molecular complexity index is 873. The average molecular weight is 382 g/mol. The molecule has 0 saturated carbocycles. The number of benzene rings is 1. The summed E-state index contributed by atoms with van der Waals surface area (Å²) in [6.45, 7) is 6.27. The lowest BCUT2D eigenvalue weighted by Crippen LogP contribution is -2.51. The van der Waals surface area contributed by atoms with Gasteiger partial charge in [-0.3, -0.25) is 4.79 Å². The Kier molecular flexibility index (Phi) is 5.82. The molecule has 0 saturated heterocycles. The van der Waals surface area contributed by atoms with Crippen molar-refractivity contribution in [3.05, 3.63) is 54.0 Å². The molecule has 2 amide bonds. The van der Waals surface area contributed by atoms with Crippen molar-refractivity contribution in [3.63, 3.8) is 0 Å². The fourth-order valence-corrected chi connectivity index (χ4v) is 3.35. The first-order chi connectivity index (χ1) is 13.4. The highest BCUT2D eigenvalue weighted by Crippen LogP contribution is 2.31. The lowest BCUT2D eigenvalue weighted by atomic mass is 10.0. The molecule has 1 aliphatic rings. The molecule has 3 rings (SSSR count). The summed E-state index contributed by atoms with van der Waals surface area (Å²) in [6, 6.07) is 8.94. The molecule has 2 atom stereocenters. The van der Waals surface area contributed by atoms with Crippen LogP contribution in [0.4, 0.5) is 4.79 Å². The Hall–Kier alpha value is -3.09. The van der Waals surface area contributed by atoms with Gasteiger partial charge in [-0.05, 0) is 18.4 Å². The molecule has 0 radical (unpaired) electrons. The van der Waals surface area contributed by atoms with E-state index < -0.39 is 12.1 Å². The van der Waals surface area contributed by atoms with Crippen molar-refractivity contribution in [1.29, 1.82) is 0 Å². The summed E-state index contributed by atoms with van der Waals surface area (Å²) in [5.41, 5.74) is 3.01. The van der Waals surface area contributed by atoms with E-state index in [1.165, 1.54) is 7.11 Å². The van der Waals surface area contributed by atoms with E-state index in [-0.39, 0.29) is 17.9 Å². The fourth-order valence-electron chi connectivity index (χ4n) is 3.35. The van der Waals surface area contributed by atoms with E-state index in [1.54, 1.807) is 11.1 Å². The van der Waals surface area contributed by atoms with E-state index in [0.717, 1.165) is 16.8 Å². The number of H-pyrrole nitrogens is 1. The maximum Gasteiger partial charge on any atom is 0.407 e. The second-order valence-corrected chi connectivity index (χ2v) is 7.33. The fraction of sp³-hybridized carbons (Fsp3) is 0.381. The molecule has 0 spiro atoms. The van der Waals surface area contributed by atoms with E-state index in [4.69, 9.17) is 0 Å². The van der Waals surface area contributed by atoms with Crippen LogP contribution in [-0.4, -0.2) is 46.6 Å². The van der Waals surface area contributed by atoms with Crippen LogP contribution < -0.4 is 5.32 Å². The molecule has 0 bridgehead atoms. The number of amides is 2. The lowest BCUT2D eigenvalue weighted by Gasteiger charge is -2.30. The van der Waals surface area contributed by atoms with Gasteiger partial charge in [0.25, 0.3) is 0 Å². The van der Waals surface area contributed by atoms with E-state index in [0.29, 0.717) is 12.4 Å². The third-order valence-electron chi connectivity index (χ3n) is 4.83. The molecule has 0 fully saturated rings. The number of nitrogens with one attached hydrogen (secondary N) is 2. The number of methoxy groups -OCH3 is 1. The number of hydrogen-bond acceptors (Lipinski definition) is 4. The normalized spacial score (nSPS) is 17.4. The molecule has 2 aromatic rings. The van der Waals surface area contributed by atoms with Gasteiger partial charge in [-0.25, -0.2) is 9.78 Å². The summed E-state index contributed by atoms with van der Waals surface area (Å²) < 4.78 is 4.68. The van der Waals surface area contributed by atoms with Crippen molar-refractivity contribution in [2.75, 3.05) is 13.7 Å². The molecule has 1 unspecified atom stereocenters. The largest absolute Gasteiger partial charge is 0.453 e. The molecule has 1 aromatic heterocycles. The smallest absolute Gasteiger partial charge is 0.407 e. The summed E-state index contributed by atoms with van der Waals surface area (Å²) in [6.07, 6.45) is 3.19. The number of carbonyl (C=O) groups excluding carboxylic acids is 2. The molecular weight excluding hydrogens is 356 g/mol. The molecule has 7 heteroatoms. The number of rotatable bonds is 5. The van der Waals surface area contributed by atoms with Gasteiger partial charge in [0.1, 0.15) is 17.9 Å². The summed E-state index contributed by atoms with van der Waals surface area (Å²) in [5, 5.41) is 2.65. The summed E-state index contributed by atoms with van der Waals surface area (Å²) >= 11 is 0. The average Bonchev–Trinajstić information content (AvgIpc) is 3.32. The minimum Gasteiger partial charge on any atom is -0.453 e. The lowest BCUT2D eigenvalue weighted by molar-refractivity contribution is -0.135. The van der Waals surface area contributed by atoms with Gasteiger partial charge in [-0.15, -0.1) is 0 Å². The van der Waals surface area contributed by atoms with Crippen LogP contribution in [-0.2, 0) is 9.53 Å². The van der Waals surface area contributed by atoms with E-state index in [1.807, 2.05) is 57.2 Å². The highest BCUT2D eigenvalue weighted by Gasteiger charge is 2.36. The van der Waals surface area contributed by atoms with Crippen LogP contribution in [0.2, 0.25) is 0 Å². The monoisotopic (exact) mass is 382 g/mol. The van der Waals surface area contributed by atoms with Gasteiger partial charge < -0.3 is 19.9 Å². The minimum absolute atomic E-state index is 0.0790. The van der Waals surface area contributed by atoms with Crippen LogP contribution in [0.25, 0.3) is 11.3 Å². The van der Waals surface area contributed by atoms with Crippen LogP contribution in [0, 0.1) is 5.92 Å². The second-order valence-electron chi connectivity index (χ2n) is 7.33. The molecule has 1 aliphatic heterocycles. The first-order valence-corrected chi connectivity index (χ1v) is 9.33. The number of alkyl carbamates (subject to hydrolysis) is 1. The quantitative estimate of drug-likeness (QED) is 0.777. The standard InChI is InChI=1S/C21H26N4O3/c1-13(2)18(24-21(27)28-4)20(26)25-12-14(3)10-17(25)19-22-11-16(23-19)15-8-6-5-7-9-15/h5-11,13,17-18H,12H2,1-4H3,(H,22,23)(H,24,27)/t17?,18-/m0/s1. The van der Waals surface area contributed by atoms with Gasteiger partial charge >= 0.3 is 6.09 Å². The van der Waals surface area contributed by atoms with Crippen LogP contribution in [0.15, 0.2) is 48.2 Å². The number of nitrogens with zero attached hydrogens (tertiary/aromatic N) is 2. The number of carbonyl (C=O) groups is 2. The molecule has 1 aromatic carbocycles. The number of hydrogen-bond donors (Lipinski definition) is 2. The van der Waals surface area contributed by atoms with Gasteiger partial charge in [0.05, 0.1) is 19.0 Å². The highest BCUT2D eigenvalue weighted by atomic mass is 16.5. The van der Waals surface area contributed by atoms with E-state index in [9.17, 15) is 9.59 Å². The Balaban J connectivity index is 1.85. The highest BCUT2D eigenvalue weighted by molar-refractivity contribution is 5.87. The minimum atomic E-state index is -0.669. The summed E-state index contributed by atoms with van der Waals surface area (Å²) in [5.74, 6) is 0.463. The summed E-state index contributed by atoms with van der Waals surface area (Å²) in [7, 11) is 1.29. The number of aromatic amines is 1. The zero-order valence-corrected chi connectivity index (χ0v) is 16.6. The predicted molar refractivity (Wildman–Crippen MR) is 106 cm³/mol. The Morgan fingerprint density at radius 1 is 1.29 bits per heavy atom. The number of ether oxygens (including phenoxy) is 1. The van der Waals surface area contributed by atoms with Crippen molar-refractivity contribution in [3.8, 4) is 11.3 Å². The van der Waals surface area contributed by atoms with Gasteiger partial charge in [0, 0.05) is 6.54 Å². The molecule has 148 valence electrons. The van der Waals surface area contributed by atoms with Crippen molar-refractivity contribution in [2.24, 2.45) is 5.92 Å². The zero-order valence-electron chi connectivity index (χ0n) is 16.6.